The fourth-order valence-corrected chi connectivity index (χ4v) is 0. The zero-order chi connectivity index (χ0) is 4.28. The average Bonchev–Trinajstić information content (AvgIpc) is 1.38. The van der Waals surface area contributed by atoms with Crippen LogP contribution in [0.2, 0.25) is 0 Å². The van der Waals surface area contributed by atoms with Crippen LogP contribution in [0.5, 0.6) is 0 Å². The topological polar surface area (TPSA) is 12.4 Å². The summed E-state index contributed by atoms with van der Waals surface area (Å²) in [6.45, 7) is 0. The number of rotatable bonds is 0. The number of halogens is 2. The van der Waals surface area contributed by atoms with Gasteiger partial charge in [-0.15, -0.1) is 0 Å². The van der Waals surface area contributed by atoms with E-state index in [4.69, 9.17) is 0 Å². The molecule has 32 valence electrons. The van der Waals surface area contributed by atoms with Gasteiger partial charge in [-0.25, -0.2) is 0 Å². The predicted molar refractivity (Wildman–Crippen MR) is 44.7 cm³/mol. The second-order valence-corrected chi connectivity index (χ2v) is 13.7. The SMILES string of the molecule is CN=[PH](I)I. The van der Waals surface area contributed by atoms with Crippen molar-refractivity contribution in [1.29, 1.82) is 0 Å². The van der Waals surface area contributed by atoms with Gasteiger partial charge in [0.25, 0.3) is 0 Å². The Bertz CT molecular complexity index is 47.6. The maximum Gasteiger partial charge on any atom is 0.0725 e. The van der Waals surface area contributed by atoms with Gasteiger partial charge in [0.15, 0.2) is 0 Å². The zero-order valence-corrected chi connectivity index (χ0v) is 8.02. The molecule has 0 atom stereocenters. The van der Waals surface area contributed by atoms with Crippen LogP contribution in [-0.4, -0.2) is 7.05 Å². The van der Waals surface area contributed by atoms with Crippen molar-refractivity contribution in [2.45, 2.75) is 0 Å². The Balaban J connectivity index is 3.14. The Labute approximate surface area is 58.4 Å². The van der Waals surface area contributed by atoms with E-state index in [9.17, 15) is 0 Å². The first-order chi connectivity index (χ1) is 2.27. The third kappa shape index (κ3) is 5.69. The minimum Gasteiger partial charge on any atom is -0.289 e. The standard InChI is InChI=1S/CH4I2NP/c1-4-5(2)3/h5H,1H3. The van der Waals surface area contributed by atoms with Crippen LogP contribution in [0.1, 0.15) is 0 Å². The third-order valence-electron chi connectivity index (χ3n) is 0.169. The lowest BCUT2D eigenvalue weighted by Crippen LogP contribution is -1.23. The average molecular weight is 315 g/mol. The maximum atomic E-state index is 3.96. The molecule has 0 spiro atoms. The molecule has 0 saturated carbocycles. The van der Waals surface area contributed by atoms with E-state index in [1.54, 1.807) is 0 Å². The van der Waals surface area contributed by atoms with E-state index in [2.05, 4.69) is 48.8 Å². The normalized spacial score (nSPS) is 8.80. The van der Waals surface area contributed by atoms with Crippen LogP contribution >= 0.6 is 47.1 Å². The Hall–Kier alpha value is 1.69. The molecule has 0 fully saturated rings. The number of hydrogen-bond donors (Lipinski definition) is 0. The van der Waals surface area contributed by atoms with Crippen LogP contribution in [0.4, 0.5) is 0 Å². The van der Waals surface area contributed by atoms with Gasteiger partial charge in [-0.05, 0) is 44.1 Å². The fourth-order valence-electron chi connectivity index (χ4n) is 0. The van der Waals surface area contributed by atoms with Crippen LogP contribution in [0.15, 0.2) is 4.74 Å². The van der Waals surface area contributed by atoms with Gasteiger partial charge in [-0.1, -0.05) is 0 Å². The summed E-state index contributed by atoms with van der Waals surface area (Å²) < 4.78 is 3.66. The fraction of sp³-hybridized carbons (Fsp3) is 1.00. The molecule has 0 heterocycles. The Kier molecular flexibility index (Phi) is 5.17. The summed E-state index contributed by atoms with van der Waals surface area (Å²) >= 11 is 4.66. The monoisotopic (exact) mass is 315 g/mol. The van der Waals surface area contributed by atoms with Gasteiger partial charge in [0, 0.05) is 7.05 Å². The molecule has 0 aromatic heterocycles. The first-order valence-corrected chi connectivity index (χ1v) is 8.72. The second-order valence-electron chi connectivity index (χ2n) is 0.464. The summed E-state index contributed by atoms with van der Waals surface area (Å²) in [5.74, 6) is 0. The number of nitrogens with zero attached hydrogens (tertiary/aromatic N) is 1. The van der Waals surface area contributed by atoms with Crippen molar-refractivity contribution in [3.05, 3.63) is 0 Å². The molecule has 1 nitrogen and oxygen atoms in total. The molecule has 0 unspecified atom stereocenters. The second kappa shape index (κ2) is 3.87. The zero-order valence-electron chi connectivity index (χ0n) is 2.70. The number of hydrogen-bond acceptors (Lipinski definition) is 1. The van der Waals surface area contributed by atoms with Gasteiger partial charge in [-0.2, -0.15) is 0 Å². The van der Waals surface area contributed by atoms with Crippen molar-refractivity contribution in [3.63, 3.8) is 0 Å². The first kappa shape index (κ1) is 6.69. The quantitative estimate of drug-likeness (QED) is 0.481. The van der Waals surface area contributed by atoms with Crippen LogP contribution in [0, 0.1) is 0 Å². The molecule has 0 rings (SSSR count). The van der Waals surface area contributed by atoms with E-state index >= 15 is 0 Å². The van der Waals surface area contributed by atoms with Gasteiger partial charge in [0.1, 0.15) is 0 Å². The molecule has 0 aliphatic heterocycles. The molecule has 0 aromatic carbocycles. The third-order valence-corrected chi connectivity index (χ3v) is 3.40. The van der Waals surface area contributed by atoms with E-state index in [1.165, 1.54) is 0 Å². The van der Waals surface area contributed by atoms with Crippen LogP contribution < -0.4 is 0 Å². The summed E-state index contributed by atoms with van der Waals surface area (Å²) in [4.78, 5) is 0. The maximum absolute atomic E-state index is 3.96. The molecular weight excluding hydrogens is 311 g/mol. The largest absolute Gasteiger partial charge is 0.289 e. The summed E-state index contributed by atoms with van der Waals surface area (Å²) in [6, 6.07) is 0. The van der Waals surface area contributed by atoms with Crippen molar-refractivity contribution >= 4 is 47.1 Å². The molecule has 0 radical (unpaired) electrons. The van der Waals surface area contributed by atoms with Crippen molar-refractivity contribution in [1.82, 2.24) is 0 Å². The summed E-state index contributed by atoms with van der Waals surface area (Å²) in [7, 11) is 1.85. The Morgan fingerprint density at radius 2 is 1.80 bits per heavy atom. The smallest absolute Gasteiger partial charge is 0.0725 e. The molecule has 4 heteroatoms. The highest BCUT2D eigenvalue weighted by molar-refractivity contribution is 14.3. The van der Waals surface area contributed by atoms with Gasteiger partial charge in [-0.3, -0.25) is 4.74 Å². The van der Waals surface area contributed by atoms with Crippen molar-refractivity contribution in [2.24, 2.45) is 4.74 Å². The highest BCUT2D eigenvalue weighted by Gasteiger charge is 1.65. The van der Waals surface area contributed by atoms with Crippen LogP contribution in [0.3, 0.4) is 0 Å². The van der Waals surface area contributed by atoms with Crippen molar-refractivity contribution in [3.8, 4) is 0 Å². The highest BCUT2D eigenvalue weighted by atomic mass is 127. The lowest BCUT2D eigenvalue weighted by Gasteiger charge is -1.71. The molecule has 0 saturated heterocycles. The molecule has 0 N–H and O–H groups in total. The van der Waals surface area contributed by atoms with Crippen LogP contribution in [-0.2, 0) is 0 Å². The molecule has 0 aliphatic rings. The van der Waals surface area contributed by atoms with Crippen molar-refractivity contribution < 1.29 is 0 Å². The van der Waals surface area contributed by atoms with Crippen LogP contribution in [0.25, 0.3) is 0 Å². The predicted octanol–water partition coefficient (Wildman–Crippen LogP) is 2.71. The molecule has 0 amide bonds. The molecule has 0 aromatic rings. The first-order valence-electron chi connectivity index (χ1n) is 1.05. The molecule has 0 aliphatic carbocycles. The lowest BCUT2D eigenvalue weighted by atomic mass is 11.6. The van der Waals surface area contributed by atoms with Gasteiger partial charge >= 0.3 is 0 Å². The summed E-state index contributed by atoms with van der Waals surface area (Å²) in [6.07, 6.45) is 0. The minimum absolute atomic E-state index is 0.309. The summed E-state index contributed by atoms with van der Waals surface area (Å²) in [5.41, 5.74) is 0. The Morgan fingerprint density at radius 1 is 1.60 bits per heavy atom. The molecule has 5 heavy (non-hydrogen) atoms. The van der Waals surface area contributed by atoms with E-state index in [0.29, 0.717) is 0 Å². The highest BCUT2D eigenvalue weighted by Crippen LogP contribution is 2.43. The van der Waals surface area contributed by atoms with Gasteiger partial charge in [0.2, 0.25) is 0 Å². The van der Waals surface area contributed by atoms with E-state index in [0.717, 1.165) is 0 Å². The minimum atomic E-state index is -0.309. The molecule has 0 bridgehead atoms. The Morgan fingerprint density at radius 3 is 1.80 bits per heavy atom. The van der Waals surface area contributed by atoms with Crippen molar-refractivity contribution in [2.75, 3.05) is 7.05 Å². The lowest BCUT2D eigenvalue weighted by molar-refractivity contribution is 1.52. The van der Waals surface area contributed by atoms with E-state index in [1.807, 2.05) is 7.05 Å². The van der Waals surface area contributed by atoms with Gasteiger partial charge < -0.3 is 0 Å². The van der Waals surface area contributed by atoms with Gasteiger partial charge in [0.05, 0.1) is 3.00 Å². The molecular formula is CH4I2NP. The summed E-state index contributed by atoms with van der Waals surface area (Å²) in [5, 5.41) is 0. The van der Waals surface area contributed by atoms with E-state index in [-0.39, 0.29) is 3.00 Å². The van der Waals surface area contributed by atoms with E-state index < -0.39 is 0 Å².